The molecule has 0 spiro atoms. The average molecular weight is 744 g/mol. The van der Waals surface area contributed by atoms with E-state index in [0.29, 0.717) is 0 Å². The summed E-state index contributed by atoms with van der Waals surface area (Å²) in [6, 6.07) is 70.2. The van der Waals surface area contributed by atoms with Gasteiger partial charge < -0.3 is 18.2 Å². The van der Waals surface area contributed by atoms with Gasteiger partial charge in [0, 0.05) is 44.4 Å². The van der Waals surface area contributed by atoms with E-state index in [1.807, 2.05) is 24.3 Å². The Labute approximate surface area is 333 Å². The quantitative estimate of drug-likeness (QED) is 0.170. The first-order chi connectivity index (χ1) is 28.7. The van der Waals surface area contributed by atoms with Gasteiger partial charge in [-0.3, -0.25) is 0 Å². The van der Waals surface area contributed by atoms with E-state index in [1.54, 1.807) is 0 Å². The Morgan fingerprint density at radius 1 is 0.276 bits per heavy atom. The molecule has 12 rings (SSSR count). The molecule has 12 aromatic rings. The first-order valence-corrected chi connectivity index (χ1v) is 19.6. The summed E-state index contributed by atoms with van der Waals surface area (Å²) in [5, 5.41) is 6.07. The van der Waals surface area contributed by atoms with E-state index < -0.39 is 0 Å². The van der Waals surface area contributed by atoms with E-state index in [-0.39, 0.29) is 0 Å². The van der Waals surface area contributed by atoms with Gasteiger partial charge >= 0.3 is 0 Å². The number of anilines is 3. The number of hydrogen-bond acceptors (Lipinski definition) is 4. The molecular formula is C54H33NO3. The van der Waals surface area contributed by atoms with Gasteiger partial charge in [-0.25, -0.2) is 0 Å². The molecule has 0 radical (unpaired) electrons. The van der Waals surface area contributed by atoms with Crippen LogP contribution < -0.4 is 4.90 Å². The van der Waals surface area contributed by atoms with Crippen molar-refractivity contribution >= 4 is 82.9 Å². The van der Waals surface area contributed by atoms with Crippen molar-refractivity contribution in [2.75, 3.05) is 4.90 Å². The molecule has 0 saturated heterocycles. The molecule has 0 saturated carbocycles. The first-order valence-electron chi connectivity index (χ1n) is 19.6. The van der Waals surface area contributed by atoms with Crippen molar-refractivity contribution in [3.05, 3.63) is 200 Å². The van der Waals surface area contributed by atoms with Crippen molar-refractivity contribution in [2.45, 2.75) is 0 Å². The lowest BCUT2D eigenvalue weighted by molar-refractivity contribution is 0.660. The fraction of sp³-hybridized carbons (Fsp3) is 0. The van der Waals surface area contributed by atoms with Crippen molar-refractivity contribution in [1.29, 1.82) is 0 Å². The molecule has 272 valence electrons. The second-order valence-corrected chi connectivity index (χ2v) is 14.8. The largest absolute Gasteiger partial charge is 0.456 e. The lowest BCUT2D eigenvalue weighted by Crippen LogP contribution is -2.11. The summed E-state index contributed by atoms with van der Waals surface area (Å²) in [6.07, 6.45) is 0. The third-order valence-electron chi connectivity index (χ3n) is 11.4. The fourth-order valence-electron chi connectivity index (χ4n) is 8.76. The second-order valence-electron chi connectivity index (χ2n) is 14.8. The Morgan fingerprint density at radius 3 is 1.47 bits per heavy atom. The third-order valence-corrected chi connectivity index (χ3v) is 11.4. The monoisotopic (exact) mass is 743 g/mol. The zero-order valence-electron chi connectivity index (χ0n) is 31.2. The number of benzene rings is 9. The number of furan rings is 3. The van der Waals surface area contributed by atoms with Gasteiger partial charge in [0.05, 0.1) is 11.1 Å². The van der Waals surface area contributed by atoms with Gasteiger partial charge in [0.15, 0.2) is 5.58 Å². The number of hydrogen-bond donors (Lipinski definition) is 0. The molecule has 3 heterocycles. The van der Waals surface area contributed by atoms with Crippen LogP contribution in [0.15, 0.2) is 213 Å². The molecule has 9 aromatic carbocycles. The highest BCUT2D eigenvalue weighted by Crippen LogP contribution is 2.50. The van der Waals surface area contributed by atoms with E-state index in [4.69, 9.17) is 13.3 Å². The predicted octanol–water partition coefficient (Wildman–Crippen LogP) is 15.9. The van der Waals surface area contributed by atoms with Crippen LogP contribution >= 0.6 is 0 Å². The molecule has 3 aromatic heterocycles. The maximum absolute atomic E-state index is 7.01. The minimum Gasteiger partial charge on any atom is -0.456 e. The van der Waals surface area contributed by atoms with Gasteiger partial charge in [0.25, 0.3) is 0 Å². The van der Waals surface area contributed by atoms with Gasteiger partial charge in [-0.2, -0.15) is 0 Å². The smallest absolute Gasteiger partial charge is 0.160 e. The lowest BCUT2D eigenvalue weighted by Gasteiger charge is -2.27. The van der Waals surface area contributed by atoms with Gasteiger partial charge in [-0.05, 0) is 88.0 Å². The van der Waals surface area contributed by atoms with Crippen molar-refractivity contribution in [3.63, 3.8) is 0 Å². The van der Waals surface area contributed by atoms with Crippen LogP contribution in [0.1, 0.15) is 0 Å². The van der Waals surface area contributed by atoms with Gasteiger partial charge in [0.2, 0.25) is 0 Å². The molecule has 0 N–H and O–H groups in total. The van der Waals surface area contributed by atoms with E-state index in [9.17, 15) is 0 Å². The summed E-state index contributed by atoms with van der Waals surface area (Å²) in [5.74, 6) is 0. The van der Waals surface area contributed by atoms with Gasteiger partial charge in [0.1, 0.15) is 27.9 Å². The van der Waals surface area contributed by atoms with Crippen molar-refractivity contribution in [3.8, 4) is 33.4 Å². The van der Waals surface area contributed by atoms with Crippen LogP contribution in [0.4, 0.5) is 17.1 Å². The molecule has 4 heteroatoms. The van der Waals surface area contributed by atoms with E-state index in [0.717, 1.165) is 111 Å². The van der Waals surface area contributed by atoms with E-state index in [1.165, 1.54) is 5.56 Å². The van der Waals surface area contributed by atoms with Crippen LogP contribution in [0.3, 0.4) is 0 Å². The number of para-hydroxylation sites is 2. The van der Waals surface area contributed by atoms with Crippen LogP contribution in [0.2, 0.25) is 0 Å². The summed E-state index contributed by atoms with van der Waals surface area (Å²) < 4.78 is 20.5. The number of rotatable bonds is 6. The van der Waals surface area contributed by atoms with Gasteiger partial charge in [-0.1, -0.05) is 140 Å². The van der Waals surface area contributed by atoms with Crippen LogP contribution in [-0.2, 0) is 0 Å². The average Bonchev–Trinajstić information content (AvgIpc) is 3.99. The maximum Gasteiger partial charge on any atom is 0.160 e. The predicted molar refractivity (Wildman–Crippen MR) is 239 cm³/mol. The summed E-state index contributed by atoms with van der Waals surface area (Å²) in [5.41, 5.74) is 14.4. The molecule has 0 aliphatic carbocycles. The Kier molecular flexibility index (Phi) is 7.20. The molecule has 58 heavy (non-hydrogen) atoms. The highest BCUT2D eigenvalue weighted by Gasteiger charge is 2.27. The van der Waals surface area contributed by atoms with Crippen LogP contribution in [0.25, 0.3) is 99.2 Å². The highest BCUT2D eigenvalue weighted by molar-refractivity contribution is 6.33. The Morgan fingerprint density at radius 2 is 0.810 bits per heavy atom. The van der Waals surface area contributed by atoms with Gasteiger partial charge in [-0.15, -0.1) is 0 Å². The van der Waals surface area contributed by atoms with Crippen LogP contribution in [0.5, 0.6) is 0 Å². The SMILES string of the molecule is c1ccc(-c2ccc(N(c3cc(-c4ccccc4)cc(-c4ccccc4)c3)c3cc4oc5ccc6c7ccccc7oc6c5c4c4c3oc3ccccc34)cc2)cc1. The summed E-state index contributed by atoms with van der Waals surface area (Å²) >= 11 is 0. The zero-order valence-corrected chi connectivity index (χ0v) is 31.2. The van der Waals surface area contributed by atoms with Crippen molar-refractivity contribution < 1.29 is 13.3 Å². The van der Waals surface area contributed by atoms with E-state index >= 15 is 0 Å². The normalized spacial score (nSPS) is 11.8. The van der Waals surface area contributed by atoms with Crippen molar-refractivity contribution in [1.82, 2.24) is 0 Å². The molecule has 0 atom stereocenters. The summed E-state index contributed by atoms with van der Waals surface area (Å²) in [6.45, 7) is 0. The number of nitrogens with zero attached hydrogens (tertiary/aromatic N) is 1. The standard InChI is InChI=1S/C54H33NO3/c1-4-14-34(15-5-1)37-24-26-40(27-25-37)55(41-31-38(35-16-6-2-7-17-35)30-39(32-41)36-18-8-3-9-19-36)45-33-49-51(50-44-21-11-13-23-47(44)58-54(45)50)52-48(56-49)29-28-43-42-20-10-12-22-46(42)57-53(43)52/h1-33H. The molecule has 0 amide bonds. The summed E-state index contributed by atoms with van der Waals surface area (Å²) in [7, 11) is 0. The molecule has 0 aliphatic heterocycles. The second kappa shape index (κ2) is 12.9. The van der Waals surface area contributed by atoms with E-state index in [2.05, 4.69) is 181 Å². The molecular weight excluding hydrogens is 711 g/mol. The molecule has 0 aliphatic rings. The first kappa shape index (κ1) is 32.4. The molecule has 0 fully saturated rings. The minimum atomic E-state index is 0.755. The Balaban J connectivity index is 1.19. The topological polar surface area (TPSA) is 42.7 Å². The molecule has 4 nitrogen and oxygen atoms in total. The molecule has 0 bridgehead atoms. The highest BCUT2D eigenvalue weighted by atomic mass is 16.3. The van der Waals surface area contributed by atoms with Crippen LogP contribution in [-0.4, -0.2) is 0 Å². The Bertz CT molecular complexity index is 3430. The lowest BCUT2D eigenvalue weighted by atomic mass is 9.96. The summed E-state index contributed by atoms with van der Waals surface area (Å²) in [4.78, 5) is 2.32. The third kappa shape index (κ3) is 5.09. The fourth-order valence-corrected chi connectivity index (χ4v) is 8.76. The maximum atomic E-state index is 7.01. The zero-order chi connectivity index (χ0) is 38.2. The number of fused-ring (bicyclic) bond motifs is 11. The van der Waals surface area contributed by atoms with Crippen molar-refractivity contribution in [2.24, 2.45) is 0 Å². The Hall–Kier alpha value is -7.82. The molecule has 0 unspecified atom stereocenters. The van der Waals surface area contributed by atoms with Crippen LogP contribution in [0, 0.1) is 0 Å². The minimum absolute atomic E-state index is 0.755.